The van der Waals surface area contributed by atoms with Crippen LogP contribution in [0.5, 0.6) is 0 Å². The van der Waals surface area contributed by atoms with E-state index in [1.54, 1.807) is 6.08 Å². The molecule has 0 atom stereocenters. The molecule has 0 unspecified atom stereocenters. The van der Waals surface area contributed by atoms with Gasteiger partial charge in [0, 0.05) is 0 Å². The number of allylic oxidation sites excluding steroid dienone is 6. The van der Waals surface area contributed by atoms with E-state index >= 15 is 0 Å². The van der Waals surface area contributed by atoms with Gasteiger partial charge < -0.3 is 0 Å². The average molecular weight is 409 g/mol. The molecule has 2 nitrogen and oxygen atoms in total. The average Bonchev–Trinajstić information content (AvgIpc) is 3.20. The summed E-state index contributed by atoms with van der Waals surface area (Å²) in [5.74, 6) is 0. The van der Waals surface area contributed by atoms with Gasteiger partial charge in [0.1, 0.15) is 17.7 Å². The zero-order valence-corrected chi connectivity index (χ0v) is 17.5. The Hall–Kier alpha value is -4.66. The topological polar surface area (TPSA) is 47.6 Å². The van der Waals surface area contributed by atoms with Crippen LogP contribution in [0.3, 0.4) is 0 Å². The van der Waals surface area contributed by atoms with E-state index in [0.29, 0.717) is 0 Å². The van der Waals surface area contributed by atoms with Crippen LogP contribution in [-0.4, -0.2) is 0 Å². The van der Waals surface area contributed by atoms with Gasteiger partial charge in [-0.3, -0.25) is 0 Å². The molecule has 0 aliphatic heterocycles. The molecule has 0 aromatic heterocycles. The minimum Gasteiger partial charge on any atom is -0.192 e. The number of hydrogen-bond donors (Lipinski definition) is 0. The first-order valence-corrected chi connectivity index (χ1v) is 10.3. The number of nitrogens with zero attached hydrogens (tertiary/aromatic N) is 2. The zero-order chi connectivity index (χ0) is 22.3. The first-order valence-electron chi connectivity index (χ1n) is 10.3. The predicted octanol–water partition coefficient (Wildman–Crippen LogP) is 7.41. The van der Waals surface area contributed by atoms with Crippen LogP contribution in [0.2, 0.25) is 0 Å². The predicted molar refractivity (Wildman–Crippen MR) is 131 cm³/mol. The van der Waals surface area contributed by atoms with Gasteiger partial charge >= 0.3 is 0 Å². The van der Waals surface area contributed by atoms with Crippen molar-refractivity contribution in [1.29, 1.82) is 10.5 Å². The van der Waals surface area contributed by atoms with Crippen molar-refractivity contribution in [2.75, 3.05) is 0 Å². The highest BCUT2D eigenvalue weighted by atomic mass is 14.3. The molecule has 0 saturated heterocycles. The monoisotopic (exact) mass is 408 g/mol. The van der Waals surface area contributed by atoms with Gasteiger partial charge in [-0.1, -0.05) is 110 Å². The van der Waals surface area contributed by atoms with E-state index in [9.17, 15) is 0 Å². The van der Waals surface area contributed by atoms with Crippen LogP contribution in [0.25, 0.3) is 27.8 Å². The summed E-state index contributed by atoms with van der Waals surface area (Å²) in [5.41, 5.74) is 8.87. The second kappa shape index (κ2) is 9.43. The molecule has 4 aliphatic rings. The van der Waals surface area contributed by atoms with E-state index in [1.165, 1.54) is 6.08 Å². The molecule has 0 radical (unpaired) electrons. The Balaban J connectivity index is 1.99. The smallest absolute Gasteiger partial charge is 0.129 e. The maximum Gasteiger partial charge on any atom is 0.129 e. The first-order chi connectivity index (χ1) is 15.8. The Morgan fingerprint density at radius 3 is 1.72 bits per heavy atom. The van der Waals surface area contributed by atoms with Gasteiger partial charge in [0.2, 0.25) is 0 Å². The highest BCUT2D eigenvalue weighted by Crippen LogP contribution is 2.42. The van der Waals surface area contributed by atoms with Crippen molar-refractivity contribution >= 4 is 5.57 Å². The largest absolute Gasteiger partial charge is 0.192 e. The molecule has 0 saturated carbocycles. The van der Waals surface area contributed by atoms with Gasteiger partial charge in [-0.2, -0.15) is 10.5 Å². The van der Waals surface area contributed by atoms with Crippen molar-refractivity contribution in [2.24, 2.45) is 0 Å². The fourth-order valence-electron chi connectivity index (χ4n) is 3.92. The molecule has 0 spiro atoms. The van der Waals surface area contributed by atoms with Gasteiger partial charge in [0.15, 0.2) is 0 Å². The second-order valence-corrected chi connectivity index (χ2v) is 7.25. The first kappa shape index (κ1) is 20.6. The van der Waals surface area contributed by atoms with E-state index < -0.39 is 0 Å². The summed E-state index contributed by atoms with van der Waals surface area (Å²) in [6.45, 7) is 4.06. The van der Waals surface area contributed by atoms with E-state index in [2.05, 4.69) is 55.1 Å². The molecule has 2 heteroatoms. The van der Waals surface area contributed by atoms with E-state index in [-0.39, 0.29) is 5.57 Å². The summed E-state index contributed by atoms with van der Waals surface area (Å²) < 4.78 is 0. The Kier molecular flexibility index (Phi) is 6.08. The Morgan fingerprint density at radius 1 is 0.688 bits per heavy atom. The summed E-state index contributed by atoms with van der Waals surface area (Å²) in [4.78, 5) is 0. The molecule has 0 aromatic carbocycles. The van der Waals surface area contributed by atoms with Crippen molar-refractivity contribution in [3.05, 3.63) is 138 Å². The molecule has 0 N–H and O–H groups in total. The normalized spacial score (nSPS) is 10.4. The van der Waals surface area contributed by atoms with Crippen molar-refractivity contribution < 1.29 is 0 Å². The molecule has 150 valence electrons. The lowest BCUT2D eigenvalue weighted by molar-refractivity contribution is 1.46. The third kappa shape index (κ3) is 3.99. The fraction of sp³-hybridized carbons (Fsp3) is 0. The Morgan fingerprint density at radius 2 is 1.22 bits per heavy atom. The highest BCUT2D eigenvalue weighted by Gasteiger charge is 2.20. The standard InChI is InChI=1S/C30H20N2/c1-2-23(13-9-10-22(20-31)21-32)30(28-18-16-24-11-5-3-7-14-26(24)28)29-19-17-25-12-6-4-8-15-27(25)29/h2-19H,1H2/b13-9+. The van der Waals surface area contributed by atoms with Crippen LogP contribution in [0, 0.1) is 22.7 Å². The Labute approximate surface area is 188 Å². The zero-order valence-electron chi connectivity index (χ0n) is 17.5. The molecule has 0 bridgehead atoms. The maximum atomic E-state index is 9.04. The van der Waals surface area contributed by atoms with Crippen molar-refractivity contribution in [2.45, 2.75) is 0 Å². The lowest BCUT2D eigenvalue weighted by Crippen LogP contribution is -1.92. The van der Waals surface area contributed by atoms with E-state index in [0.717, 1.165) is 44.5 Å². The summed E-state index contributed by atoms with van der Waals surface area (Å²) in [5, 5.41) is 18.1. The minimum absolute atomic E-state index is 0.0581. The fourth-order valence-corrected chi connectivity index (χ4v) is 3.92. The molecule has 0 aromatic rings. The van der Waals surface area contributed by atoms with Gasteiger partial charge in [0.05, 0.1) is 0 Å². The summed E-state index contributed by atoms with van der Waals surface area (Å²) in [7, 11) is 0. The minimum atomic E-state index is 0.0581. The molecular weight excluding hydrogens is 388 g/mol. The summed E-state index contributed by atoms with van der Waals surface area (Å²) in [6.07, 6.45) is 6.98. The number of hydrogen-bond acceptors (Lipinski definition) is 2. The SMILES string of the molecule is C=CC(/C=C/C=C(C#N)C#N)=C(c1ccc2cccccc1-2)c1ccc2cccccc1-2. The van der Waals surface area contributed by atoms with Gasteiger partial charge in [-0.05, 0) is 50.6 Å². The van der Waals surface area contributed by atoms with Crippen LogP contribution >= 0.6 is 0 Å². The summed E-state index contributed by atoms with van der Waals surface area (Å²) >= 11 is 0. The third-order valence-electron chi connectivity index (χ3n) is 5.41. The molecule has 0 amide bonds. The second-order valence-electron chi connectivity index (χ2n) is 7.25. The molecule has 4 rings (SSSR count). The molecular formula is C30H20N2. The maximum absolute atomic E-state index is 9.04. The molecule has 0 heterocycles. The molecule has 4 aliphatic carbocycles. The van der Waals surface area contributed by atoms with Gasteiger partial charge in [-0.15, -0.1) is 0 Å². The van der Waals surface area contributed by atoms with Crippen molar-refractivity contribution in [3.8, 4) is 34.4 Å². The van der Waals surface area contributed by atoms with Crippen LogP contribution < -0.4 is 0 Å². The third-order valence-corrected chi connectivity index (χ3v) is 5.41. The number of nitriles is 2. The quantitative estimate of drug-likeness (QED) is 0.255. The van der Waals surface area contributed by atoms with Crippen LogP contribution in [0.4, 0.5) is 0 Å². The van der Waals surface area contributed by atoms with Crippen molar-refractivity contribution in [3.63, 3.8) is 0 Å². The lowest BCUT2D eigenvalue weighted by Gasteiger charge is -2.13. The lowest BCUT2D eigenvalue weighted by atomic mass is 9.90. The van der Waals surface area contributed by atoms with E-state index in [1.807, 2.05) is 60.7 Å². The van der Waals surface area contributed by atoms with Crippen LogP contribution in [0.1, 0.15) is 11.1 Å². The Bertz CT molecular complexity index is 1310. The van der Waals surface area contributed by atoms with Crippen LogP contribution in [0.15, 0.2) is 127 Å². The summed E-state index contributed by atoms with van der Waals surface area (Å²) in [6, 6.07) is 33.0. The van der Waals surface area contributed by atoms with Gasteiger partial charge in [0.25, 0.3) is 0 Å². The van der Waals surface area contributed by atoms with Crippen molar-refractivity contribution in [1.82, 2.24) is 0 Å². The van der Waals surface area contributed by atoms with Gasteiger partial charge in [-0.25, -0.2) is 0 Å². The number of fused-ring (bicyclic) bond motifs is 2. The van der Waals surface area contributed by atoms with E-state index in [4.69, 9.17) is 10.5 Å². The van der Waals surface area contributed by atoms with Crippen LogP contribution in [-0.2, 0) is 0 Å². The molecule has 0 fully saturated rings. The molecule has 32 heavy (non-hydrogen) atoms. The highest BCUT2D eigenvalue weighted by molar-refractivity contribution is 5.98. The number of rotatable bonds is 5.